The Morgan fingerprint density at radius 2 is 1.79 bits per heavy atom. The van der Waals surface area contributed by atoms with Gasteiger partial charge in [-0.3, -0.25) is 0 Å². The molecular weight excluding hydrogens is 354 g/mol. The van der Waals surface area contributed by atoms with Gasteiger partial charge < -0.3 is 4.74 Å². The number of nitrogens with zero attached hydrogens (tertiary/aromatic N) is 2. The Morgan fingerprint density at radius 1 is 1.12 bits per heavy atom. The largest absolute Gasteiger partial charge is 0.497 e. The first-order valence-electron chi connectivity index (χ1n) is 7.31. The third-order valence-corrected chi connectivity index (χ3v) is 6.21. The van der Waals surface area contributed by atoms with Gasteiger partial charge in [0, 0.05) is 33.7 Å². The van der Waals surface area contributed by atoms with E-state index in [1.54, 1.807) is 7.11 Å². The predicted molar refractivity (Wildman–Crippen MR) is 93.7 cm³/mol. The van der Waals surface area contributed by atoms with Crippen LogP contribution in [0.1, 0.15) is 5.56 Å². The lowest BCUT2D eigenvalue weighted by atomic mass is 10.1. The minimum Gasteiger partial charge on any atom is -0.497 e. The third kappa shape index (κ3) is 6.73. The van der Waals surface area contributed by atoms with Crippen molar-refractivity contribution in [2.24, 2.45) is 0 Å². The SMILES string of the molecule is COc1cccc(CCN(CCNS(=O)(=O)N(C)C)S(C)(=O)=O)c1. The Balaban J connectivity index is 2.67. The van der Waals surface area contributed by atoms with E-state index in [9.17, 15) is 16.8 Å². The quantitative estimate of drug-likeness (QED) is 0.612. The highest BCUT2D eigenvalue weighted by molar-refractivity contribution is 7.88. The summed E-state index contributed by atoms with van der Waals surface area (Å²) in [6.07, 6.45) is 1.61. The summed E-state index contributed by atoms with van der Waals surface area (Å²) in [4.78, 5) is 0. The van der Waals surface area contributed by atoms with Crippen molar-refractivity contribution < 1.29 is 21.6 Å². The van der Waals surface area contributed by atoms with Crippen molar-refractivity contribution >= 4 is 20.2 Å². The highest BCUT2D eigenvalue weighted by Gasteiger charge is 2.18. The molecular formula is C14H25N3O5S2. The molecule has 24 heavy (non-hydrogen) atoms. The summed E-state index contributed by atoms with van der Waals surface area (Å²) in [5.41, 5.74) is 0.942. The lowest BCUT2D eigenvalue weighted by Crippen LogP contribution is -2.42. The van der Waals surface area contributed by atoms with Gasteiger partial charge in [0.05, 0.1) is 13.4 Å². The van der Waals surface area contributed by atoms with Gasteiger partial charge in [0.2, 0.25) is 10.0 Å². The Labute approximate surface area is 144 Å². The fourth-order valence-corrected chi connectivity index (χ4v) is 3.41. The van der Waals surface area contributed by atoms with Crippen LogP contribution < -0.4 is 9.46 Å². The summed E-state index contributed by atoms with van der Waals surface area (Å²) in [6.45, 7) is 0.331. The zero-order valence-electron chi connectivity index (χ0n) is 14.4. The Kier molecular flexibility index (Phi) is 7.61. The molecule has 0 saturated heterocycles. The van der Waals surface area contributed by atoms with Crippen molar-refractivity contribution in [1.82, 2.24) is 13.3 Å². The normalized spacial score (nSPS) is 12.8. The van der Waals surface area contributed by atoms with Gasteiger partial charge in [-0.2, -0.15) is 12.7 Å². The summed E-state index contributed by atoms with van der Waals surface area (Å²) >= 11 is 0. The molecule has 0 amide bonds. The average molecular weight is 380 g/mol. The molecule has 0 aliphatic rings. The molecule has 0 heterocycles. The predicted octanol–water partition coefficient (Wildman–Crippen LogP) is -0.105. The second-order valence-corrected chi connectivity index (χ2v) is 9.40. The Bertz CT molecular complexity index is 733. The van der Waals surface area contributed by atoms with Crippen LogP contribution in [0.2, 0.25) is 0 Å². The molecule has 0 radical (unpaired) electrons. The van der Waals surface area contributed by atoms with Crippen molar-refractivity contribution in [2.45, 2.75) is 6.42 Å². The van der Waals surface area contributed by atoms with Crippen LogP contribution in [0.4, 0.5) is 0 Å². The fraction of sp³-hybridized carbons (Fsp3) is 0.571. The van der Waals surface area contributed by atoms with Crippen LogP contribution in [-0.4, -0.2) is 72.5 Å². The van der Waals surface area contributed by atoms with E-state index in [2.05, 4.69) is 4.72 Å². The lowest BCUT2D eigenvalue weighted by Gasteiger charge is -2.21. The number of methoxy groups -OCH3 is 1. The number of hydrogen-bond donors (Lipinski definition) is 1. The molecule has 0 atom stereocenters. The number of nitrogens with one attached hydrogen (secondary N) is 1. The van der Waals surface area contributed by atoms with E-state index in [-0.39, 0.29) is 19.6 Å². The molecule has 0 unspecified atom stereocenters. The number of benzene rings is 1. The maximum atomic E-state index is 11.9. The lowest BCUT2D eigenvalue weighted by molar-refractivity contribution is 0.410. The van der Waals surface area contributed by atoms with Crippen molar-refractivity contribution in [2.75, 3.05) is 47.1 Å². The summed E-state index contributed by atoms with van der Waals surface area (Å²) in [5, 5.41) is 0. The van der Waals surface area contributed by atoms with E-state index in [0.29, 0.717) is 12.2 Å². The van der Waals surface area contributed by atoms with Gasteiger partial charge in [-0.25, -0.2) is 17.4 Å². The second kappa shape index (κ2) is 8.77. The Hall–Kier alpha value is -1.20. The van der Waals surface area contributed by atoms with Crippen LogP contribution in [0.25, 0.3) is 0 Å². The second-order valence-electron chi connectivity index (χ2n) is 5.45. The summed E-state index contributed by atoms with van der Waals surface area (Å²) in [7, 11) is -2.63. The zero-order valence-corrected chi connectivity index (χ0v) is 16.0. The van der Waals surface area contributed by atoms with Gasteiger partial charge in [0.15, 0.2) is 0 Å². The summed E-state index contributed by atoms with van der Waals surface area (Å²) in [5.74, 6) is 0.706. The van der Waals surface area contributed by atoms with Gasteiger partial charge in [-0.1, -0.05) is 12.1 Å². The van der Waals surface area contributed by atoms with E-state index in [1.807, 2.05) is 24.3 Å². The molecule has 1 aromatic carbocycles. The van der Waals surface area contributed by atoms with Gasteiger partial charge in [0.1, 0.15) is 5.75 Å². The number of sulfonamides is 1. The van der Waals surface area contributed by atoms with Crippen molar-refractivity contribution in [3.63, 3.8) is 0 Å². The highest BCUT2D eigenvalue weighted by atomic mass is 32.2. The molecule has 0 aromatic heterocycles. The first-order chi connectivity index (χ1) is 11.1. The molecule has 1 rings (SSSR count). The minimum absolute atomic E-state index is 0.00565. The smallest absolute Gasteiger partial charge is 0.278 e. The maximum Gasteiger partial charge on any atom is 0.278 e. The highest BCUT2D eigenvalue weighted by Crippen LogP contribution is 2.13. The van der Waals surface area contributed by atoms with Gasteiger partial charge in [-0.15, -0.1) is 0 Å². The topological polar surface area (TPSA) is 96.0 Å². The van der Waals surface area contributed by atoms with E-state index in [4.69, 9.17) is 4.74 Å². The summed E-state index contributed by atoms with van der Waals surface area (Å²) in [6, 6.07) is 7.38. The molecule has 138 valence electrons. The average Bonchev–Trinajstić information content (AvgIpc) is 2.49. The number of rotatable bonds is 10. The van der Waals surface area contributed by atoms with Crippen molar-refractivity contribution in [3.05, 3.63) is 29.8 Å². The number of hydrogen-bond acceptors (Lipinski definition) is 5. The summed E-state index contributed by atoms with van der Waals surface area (Å²) < 4.78 is 56.8. The van der Waals surface area contributed by atoms with E-state index in [1.165, 1.54) is 18.4 Å². The molecule has 0 bridgehead atoms. The molecule has 0 aliphatic heterocycles. The van der Waals surface area contributed by atoms with Crippen LogP contribution in [0.3, 0.4) is 0 Å². The van der Waals surface area contributed by atoms with Gasteiger partial charge in [-0.05, 0) is 24.1 Å². The van der Waals surface area contributed by atoms with Crippen molar-refractivity contribution in [1.29, 1.82) is 0 Å². The van der Waals surface area contributed by atoms with Crippen LogP contribution in [0, 0.1) is 0 Å². The van der Waals surface area contributed by atoms with Crippen LogP contribution in [-0.2, 0) is 26.7 Å². The van der Waals surface area contributed by atoms with Crippen LogP contribution in [0.15, 0.2) is 24.3 Å². The molecule has 0 saturated carbocycles. The molecule has 0 spiro atoms. The molecule has 10 heteroatoms. The Morgan fingerprint density at radius 3 is 2.33 bits per heavy atom. The molecule has 0 aliphatic carbocycles. The fourth-order valence-electron chi connectivity index (χ4n) is 1.95. The zero-order chi connectivity index (χ0) is 18.4. The minimum atomic E-state index is -3.57. The van der Waals surface area contributed by atoms with E-state index < -0.39 is 20.2 Å². The maximum absolute atomic E-state index is 11.9. The van der Waals surface area contributed by atoms with E-state index >= 15 is 0 Å². The van der Waals surface area contributed by atoms with Crippen molar-refractivity contribution in [3.8, 4) is 5.75 Å². The molecule has 8 nitrogen and oxygen atoms in total. The third-order valence-electron chi connectivity index (χ3n) is 3.38. The standard InChI is InChI=1S/C14H25N3O5S2/c1-16(2)24(20,21)15-9-11-17(23(4,18)19)10-8-13-6-5-7-14(12-13)22-3/h5-7,12,15H,8-11H2,1-4H3. The van der Waals surface area contributed by atoms with Gasteiger partial charge >= 0.3 is 0 Å². The van der Waals surface area contributed by atoms with Gasteiger partial charge in [0.25, 0.3) is 10.2 Å². The number of ether oxygens (including phenoxy) is 1. The molecule has 1 aromatic rings. The van der Waals surface area contributed by atoms with Crippen LogP contribution in [0.5, 0.6) is 5.75 Å². The van der Waals surface area contributed by atoms with E-state index in [0.717, 1.165) is 16.1 Å². The molecule has 0 fully saturated rings. The monoisotopic (exact) mass is 379 g/mol. The van der Waals surface area contributed by atoms with Crippen LogP contribution >= 0.6 is 0 Å². The first-order valence-corrected chi connectivity index (χ1v) is 10.6. The first kappa shape index (κ1) is 20.8. The molecule has 1 N–H and O–H groups in total.